The normalized spacial score (nSPS) is 17.3. The van der Waals surface area contributed by atoms with E-state index in [2.05, 4.69) is 10.3 Å². The molecule has 0 aliphatic heterocycles. The fraction of sp³-hybridized carbons (Fsp3) is 0.692. The Bertz CT molecular complexity index is 384. The number of nitrogens with one attached hydrogen (secondary N) is 1. The summed E-state index contributed by atoms with van der Waals surface area (Å²) >= 11 is 1.59. The maximum atomic E-state index is 10.5. The van der Waals surface area contributed by atoms with Gasteiger partial charge in [-0.25, -0.2) is 4.98 Å². The van der Waals surface area contributed by atoms with E-state index in [0.29, 0.717) is 12.5 Å². The third-order valence-corrected chi connectivity index (χ3v) is 4.15. The van der Waals surface area contributed by atoms with E-state index in [-0.39, 0.29) is 6.42 Å². The topological polar surface area (TPSA) is 62.2 Å². The van der Waals surface area contributed by atoms with Crippen molar-refractivity contribution < 1.29 is 9.90 Å². The molecule has 0 amide bonds. The van der Waals surface area contributed by atoms with Crippen LogP contribution in [0.15, 0.2) is 5.38 Å². The van der Waals surface area contributed by atoms with Crippen LogP contribution in [0.4, 0.5) is 5.13 Å². The number of carboxylic acids is 1. The molecular weight excluding hydrogens is 248 g/mol. The van der Waals surface area contributed by atoms with Gasteiger partial charge in [0.25, 0.3) is 0 Å². The van der Waals surface area contributed by atoms with Crippen molar-refractivity contribution in [3.05, 3.63) is 11.1 Å². The summed E-state index contributed by atoms with van der Waals surface area (Å²) in [7, 11) is 0. The molecule has 0 radical (unpaired) electrons. The van der Waals surface area contributed by atoms with Gasteiger partial charge in [0, 0.05) is 17.8 Å². The van der Waals surface area contributed by atoms with Crippen LogP contribution in [0.2, 0.25) is 0 Å². The van der Waals surface area contributed by atoms with Gasteiger partial charge in [0.2, 0.25) is 0 Å². The Hall–Kier alpha value is -1.10. The van der Waals surface area contributed by atoms with E-state index in [0.717, 1.165) is 10.8 Å². The van der Waals surface area contributed by atoms with Gasteiger partial charge in [-0.05, 0) is 12.8 Å². The van der Waals surface area contributed by atoms with Crippen LogP contribution in [0, 0.1) is 0 Å². The van der Waals surface area contributed by atoms with Crippen LogP contribution < -0.4 is 5.32 Å². The molecule has 2 rings (SSSR count). The number of carboxylic acid groups (broad SMARTS) is 1. The first kappa shape index (κ1) is 13.3. The molecule has 1 fully saturated rings. The zero-order chi connectivity index (χ0) is 12.8. The fourth-order valence-corrected chi connectivity index (χ4v) is 3.14. The number of thiazole rings is 1. The molecule has 1 aromatic heterocycles. The number of aliphatic carboxylic acids is 1. The van der Waals surface area contributed by atoms with Crippen LogP contribution in [0.3, 0.4) is 0 Å². The van der Waals surface area contributed by atoms with Gasteiger partial charge in [-0.15, -0.1) is 11.3 Å². The molecule has 1 aliphatic rings. The molecule has 0 bridgehead atoms. The number of hydrogen-bond donors (Lipinski definition) is 2. The van der Waals surface area contributed by atoms with Crippen LogP contribution in [0.25, 0.3) is 0 Å². The third kappa shape index (κ3) is 4.29. The van der Waals surface area contributed by atoms with E-state index >= 15 is 0 Å². The van der Waals surface area contributed by atoms with E-state index < -0.39 is 5.97 Å². The highest BCUT2D eigenvalue weighted by Gasteiger charge is 2.13. The molecule has 1 heterocycles. The number of aromatic nitrogens is 1. The highest BCUT2D eigenvalue weighted by atomic mass is 32.1. The second kappa shape index (κ2) is 6.73. The second-order valence-electron chi connectivity index (χ2n) is 4.87. The molecule has 2 N–H and O–H groups in total. The summed E-state index contributed by atoms with van der Waals surface area (Å²) in [6.07, 6.45) is 8.43. The predicted octanol–water partition coefficient (Wildman–Crippen LogP) is 3.30. The molecule has 1 saturated carbocycles. The Morgan fingerprint density at radius 3 is 2.78 bits per heavy atom. The molecule has 0 unspecified atom stereocenters. The van der Waals surface area contributed by atoms with Crippen molar-refractivity contribution in [3.8, 4) is 0 Å². The van der Waals surface area contributed by atoms with Crippen molar-refractivity contribution in [3.63, 3.8) is 0 Å². The van der Waals surface area contributed by atoms with Crippen LogP contribution in [-0.2, 0) is 11.2 Å². The quantitative estimate of drug-likeness (QED) is 0.804. The smallest absolute Gasteiger partial charge is 0.303 e. The van der Waals surface area contributed by atoms with Crippen molar-refractivity contribution in [2.24, 2.45) is 0 Å². The molecular formula is C13H20N2O2S. The van der Waals surface area contributed by atoms with Gasteiger partial charge in [0.15, 0.2) is 5.13 Å². The third-order valence-electron chi connectivity index (χ3n) is 3.33. The van der Waals surface area contributed by atoms with Crippen molar-refractivity contribution in [2.75, 3.05) is 5.32 Å². The monoisotopic (exact) mass is 268 g/mol. The lowest BCUT2D eigenvalue weighted by atomic mass is 10.1. The molecule has 1 aliphatic carbocycles. The molecule has 0 saturated heterocycles. The highest BCUT2D eigenvalue weighted by molar-refractivity contribution is 7.13. The molecule has 18 heavy (non-hydrogen) atoms. The maximum Gasteiger partial charge on any atom is 0.303 e. The van der Waals surface area contributed by atoms with Crippen LogP contribution >= 0.6 is 11.3 Å². The summed E-state index contributed by atoms with van der Waals surface area (Å²) in [5.41, 5.74) is 0.888. The Kier molecular flexibility index (Phi) is 4.99. The van der Waals surface area contributed by atoms with Gasteiger partial charge < -0.3 is 10.4 Å². The van der Waals surface area contributed by atoms with Crippen molar-refractivity contribution in [2.45, 2.75) is 57.4 Å². The lowest BCUT2D eigenvalue weighted by molar-refractivity contribution is -0.136. The van der Waals surface area contributed by atoms with Crippen LogP contribution in [0.1, 0.15) is 50.6 Å². The summed E-state index contributed by atoms with van der Waals surface area (Å²) in [4.78, 5) is 14.9. The van der Waals surface area contributed by atoms with Gasteiger partial charge in [-0.1, -0.05) is 25.7 Å². The number of anilines is 1. The minimum absolute atomic E-state index is 0.159. The standard InChI is InChI=1S/C13H20N2O2S/c16-12(17)8-7-11-9-18-13(15-11)14-10-5-3-1-2-4-6-10/h9-10H,1-8H2,(H,14,15)(H,16,17). The van der Waals surface area contributed by atoms with Crippen LogP contribution in [0.5, 0.6) is 0 Å². The van der Waals surface area contributed by atoms with Gasteiger partial charge in [0.1, 0.15) is 0 Å². The average Bonchev–Trinajstić information content (AvgIpc) is 2.62. The molecule has 0 aromatic carbocycles. The maximum absolute atomic E-state index is 10.5. The first-order valence-electron chi connectivity index (χ1n) is 6.67. The molecule has 0 atom stereocenters. The summed E-state index contributed by atoms with van der Waals surface area (Å²) in [6, 6.07) is 0.547. The zero-order valence-electron chi connectivity index (χ0n) is 10.5. The summed E-state index contributed by atoms with van der Waals surface area (Å²) in [5, 5.41) is 15.0. The van der Waals surface area contributed by atoms with Crippen LogP contribution in [-0.4, -0.2) is 22.1 Å². The molecule has 5 heteroatoms. The molecule has 100 valence electrons. The number of aryl methyl sites for hydroxylation is 1. The van der Waals surface area contributed by atoms with Gasteiger partial charge >= 0.3 is 5.97 Å². The number of hydrogen-bond acceptors (Lipinski definition) is 4. The highest BCUT2D eigenvalue weighted by Crippen LogP contribution is 2.23. The average molecular weight is 268 g/mol. The minimum Gasteiger partial charge on any atom is -0.481 e. The fourth-order valence-electron chi connectivity index (χ4n) is 2.32. The Balaban J connectivity index is 1.83. The first-order chi connectivity index (χ1) is 8.74. The number of nitrogens with zero attached hydrogens (tertiary/aromatic N) is 1. The minimum atomic E-state index is -0.763. The summed E-state index contributed by atoms with van der Waals surface area (Å²) in [5.74, 6) is -0.763. The van der Waals surface area contributed by atoms with Crippen molar-refractivity contribution >= 4 is 22.4 Å². The summed E-state index contributed by atoms with van der Waals surface area (Å²) < 4.78 is 0. The van der Waals surface area contributed by atoms with E-state index in [9.17, 15) is 4.79 Å². The first-order valence-corrected chi connectivity index (χ1v) is 7.55. The zero-order valence-corrected chi connectivity index (χ0v) is 11.3. The molecule has 4 nitrogen and oxygen atoms in total. The Labute approximate surface area is 111 Å². The van der Waals surface area contributed by atoms with Crippen molar-refractivity contribution in [1.29, 1.82) is 0 Å². The van der Waals surface area contributed by atoms with E-state index in [4.69, 9.17) is 5.11 Å². The lowest BCUT2D eigenvalue weighted by Gasteiger charge is -2.14. The van der Waals surface area contributed by atoms with Gasteiger partial charge in [0.05, 0.1) is 12.1 Å². The Morgan fingerprint density at radius 2 is 2.11 bits per heavy atom. The summed E-state index contributed by atoms with van der Waals surface area (Å²) in [6.45, 7) is 0. The predicted molar refractivity (Wildman–Crippen MR) is 73.2 cm³/mol. The Morgan fingerprint density at radius 1 is 1.39 bits per heavy atom. The number of rotatable bonds is 5. The molecule has 0 spiro atoms. The number of carbonyl (C=O) groups is 1. The van der Waals surface area contributed by atoms with E-state index in [1.54, 1.807) is 11.3 Å². The van der Waals surface area contributed by atoms with E-state index in [1.165, 1.54) is 38.5 Å². The SMILES string of the molecule is O=C(O)CCc1csc(NC2CCCCCC2)n1. The van der Waals surface area contributed by atoms with Gasteiger partial charge in [-0.2, -0.15) is 0 Å². The van der Waals surface area contributed by atoms with Crippen molar-refractivity contribution in [1.82, 2.24) is 4.98 Å². The second-order valence-corrected chi connectivity index (χ2v) is 5.73. The molecule has 1 aromatic rings. The largest absolute Gasteiger partial charge is 0.481 e. The van der Waals surface area contributed by atoms with Gasteiger partial charge in [-0.3, -0.25) is 4.79 Å². The lowest BCUT2D eigenvalue weighted by Crippen LogP contribution is -2.18. The van der Waals surface area contributed by atoms with E-state index in [1.807, 2.05) is 5.38 Å².